The molecule has 0 saturated carbocycles. The number of hydrogen-bond acceptors (Lipinski definition) is 6. The number of rotatable bonds is 5. The van der Waals surface area contributed by atoms with E-state index in [1.165, 1.54) is 5.01 Å². The largest absolute Gasteiger partial charge is 0.305 e. The van der Waals surface area contributed by atoms with Gasteiger partial charge in [0.25, 0.3) is 0 Å². The molecule has 86 valence electrons. The lowest BCUT2D eigenvalue weighted by Gasteiger charge is -1.97. The molecule has 4 nitrogen and oxygen atoms in total. The maximum atomic E-state index is 4.49. The highest BCUT2D eigenvalue weighted by molar-refractivity contribution is 7.11. The summed E-state index contributed by atoms with van der Waals surface area (Å²) in [7, 11) is 0. The van der Waals surface area contributed by atoms with Gasteiger partial charge in [-0.1, -0.05) is 6.92 Å². The summed E-state index contributed by atoms with van der Waals surface area (Å²) in [4.78, 5) is 4.49. The van der Waals surface area contributed by atoms with Gasteiger partial charge in [0.15, 0.2) is 0 Å². The van der Waals surface area contributed by atoms with Gasteiger partial charge in [-0.15, -0.1) is 32.9 Å². The monoisotopic (exact) mass is 254 g/mol. The van der Waals surface area contributed by atoms with Crippen molar-refractivity contribution in [3.05, 3.63) is 26.1 Å². The molecule has 0 aliphatic rings. The summed E-state index contributed by atoms with van der Waals surface area (Å²) in [5.41, 5.74) is 1.11. The molecular weight excluding hydrogens is 240 g/mol. The Bertz CT molecular complexity index is 449. The minimum Gasteiger partial charge on any atom is -0.305 e. The number of nitrogens with one attached hydrogen (secondary N) is 1. The van der Waals surface area contributed by atoms with Crippen molar-refractivity contribution in [3.63, 3.8) is 0 Å². The first-order valence-electron chi connectivity index (χ1n) is 5.21. The Hall–Kier alpha value is -0.850. The van der Waals surface area contributed by atoms with Crippen LogP contribution in [0.4, 0.5) is 0 Å². The lowest BCUT2D eigenvalue weighted by atomic mass is 10.4. The molecule has 0 radical (unpaired) electrons. The molecule has 0 spiro atoms. The highest BCUT2D eigenvalue weighted by Gasteiger charge is 2.02. The normalized spacial score (nSPS) is 10.9. The highest BCUT2D eigenvalue weighted by Crippen LogP contribution is 2.11. The molecule has 0 aromatic carbocycles. The van der Waals surface area contributed by atoms with Crippen LogP contribution < -0.4 is 5.32 Å². The summed E-state index contributed by atoms with van der Waals surface area (Å²) in [6, 6.07) is 0. The van der Waals surface area contributed by atoms with Crippen LogP contribution in [0.25, 0.3) is 0 Å². The van der Waals surface area contributed by atoms with E-state index in [4.69, 9.17) is 0 Å². The topological polar surface area (TPSA) is 50.7 Å². The van der Waals surface area contributed by atoms with Gasteiger partial charge in [-0.3, -0.25) is 0 Å². The van der Waals surface area contributed by atoms with Crippen molar-refractivity contribution in [1.29, 1.82) is 0 Å². The summed E-state index contributed by atoms with van der Waals surface area (Å²) in [5, 5.41) is 16.7. The summed E-state index contributed by atoms with van der Waals surface area (Å²) >= 11 is 3.35. The summed E-state index contributed by atoms with van der Waals surface area (Å²) in [6.45, 7) is 5.66. The van der Waals surface area contributed by atoms with E-state index >= 15 is 0 Å². The van der Waals surface area contributed by atoms with E-state index in [1.54, 1.807) is 22.7 Å². The second-order valence-corrected chi connectivity index (χ2v) is 5.61. The average molecular weight is 254 g/mol. The van der Waals surface area contributed by atoms with Crippen molar-refractivity contribution < 1.29 is 0 Å². The molecule has 6 heteroatoms. The van der Waals surface area contributed by atoms with E-state index in [2.05, 4.69) is 32.8 Å². The fraction of sp³-hybridized carbons (Fsp3) is 0.500. The van der Waals surface area contributed by atoms with Gasteiger partial charge in [-0.05, 0) is 13.3 Å². The van der Waals surface area contributed by atoms with Crippen molar-refractivity contribution in [2.45, 2.75) is 33.4 Å². The fourth-order valence-corrected chi connectivity index (χ4v) is 2.72. The molecule has 0 aliphatic heterocycles. The lowest BCUT2D eigenvalue weighted by Crippen LogP contribution is -2.12. The van der Waals surface area contributed by atoms with Gasteiger partial charge in [0.2, 0.25) is 0 Å². The van der Waals surface area contributed by atoms with Gasteiger partial charge in [0.05, 0.1) is 17.2 Å². The van der Waals surface area contributed by atoms with E-state index in [1.807, 2.05) is 6.92 Å². The van der Waals surface area contributed by atoms with E-state index in [0.29, 0.717) is 0 Å². The number of hydrogen-bond donors (Lipinski definition) is 1. The lowest BCUT2D eigenvalue weighted by molar-refractivity contribution is 0.672. The highest BCUT2D eigenvalue weighted by atomic mass is 32.1. The Labute approximate surface area is 103 Å². The number of thiazole rings is 1. The molecule has 0 atom stereocenters. The first kappa shape index (κ1) is 11.6. The molecule has 0 amide bonds. The molecule has 0 aliphatic carbocycles. The SMILES string of the molecule is CCc1nc(CNCc2nnc(C)s2)cs1. The summed E-state index contributed by atoms with van der Waals surface area (Å²) in [5.74, 6) is 0. The Kier molecular flexibility index (Phi) is 3.98. The average Bonchev–Trinajstić information content (AvgIpc) is 2.88. The fourth-order valence-electron chi connectivity index (χ4n) is 1.30. The van der Waals surface area contributed by atoms with Gasteiger partial charge in [-0.25, -0.2) is 4.98 Å². The summed E-state index contributed by atoms with van der Waals surface area (Å²) in [6.07, 6.45) is 1.01. The van der Waals surface area contributed by atoms with Crippen molar-refractivity contribution >= 4 is 22.7 Å². The van der Waals surface area contributed by atoms with E-state index in [0.717, 1.165) is 35.2 Å². The number of nitrogens with zero attached hydrogens (tertiary/aromatic N) is 3. The minimum atomic E-state index is 0.768. The van der Waals surface area contributed by atoms with Crippen molar-refractivity contribution in [1.82, 2.24) is 20.5 Å². The molecule has 1 N–H and O–H groups in total. The zero-order chi connectivity index (χ0) is 11.4. The third-order valence-corrected chi connectivity index (χ3v) is 3.93. The van der Waals surface area contributed by atoms with Gasteiger partial charge >= 0.3 is 0 Å². The number of aryl methyl sites for hydroxylation is 2. The van der Waals surface area contributed by atoms with Crippen LogP contribution in [-0.4, -0.2) is 15.2 Å². The van der Waals surface area contributed by atoms with E-state index in [9.17, 15) is 0 Å². The zero-order valence-corrected chi connectivity index (χ0v) is 11.0. The Morgan fingerprint density at radius 3 is 2.75 bits per heavy atom. The molecule has 0 bridgehead atoms. The van der Waals surface area contributed by atoms with Crippen LogP contribution in [0.15, 0.2) is 5.38 Å². The predicted octanol–water partition coefficient (Wildman–Crippen LogP) is 2.16. The van der Waals surface area contributed by atoms with Gasteiger partial charge in [-0.2, -0.15) is 0 Å². The Balaban J connectivity index is 1.79. The van der Waals surface area contributed by atoms with E-state index in [-0.39, 0.29) is 0 Å². The predicted molar refractivity (Wildman–Crippen MR) is 66.7 cm³/mol. The van der Waals surface area contributed by atoms with Crippen LogP contribution >= 0.6 is 22.7 Å². The maximum Gasteiger partial charge on any atom is 0.131 e. The minimum absolute atomic E-state index is 0.768. The Morgan fingerprint density at radius 1 is 1.25 bits per heavy atom. The molecule has 2 heterocycles. The van der Waals surface area contributed by atoms with Crippen LogP contribution in [-0.2, 0) is 19.5 Å². The van der Waals surface area contributed by atoms with Crippen molar-refractivity contribution in [3.8, 4) is 0 Å². The third-order valence-electron chi connectivity index (χ3n) is 2.05. The molecule has 2 aromatic heterocycles. The van der Waals surface area contributed by atoms with Crippen LogP contribution in [0, 0.1) is 6.92 Å². The Morgan fingerprint density at radius 2 is 2.12 bits per heavy atom. The standard InChI is InChI=1S/C10H14N4S2/c1-3-9-12-8(6-15-9)4-11-5-10-14-13-7(2)16-10/h6,11H,3-5H2,1-2H3. The van der Waals surface area contributed by atoms with Crippen LogP contribution in [0.1, 0.15) is 27.6 Å². The quantitative estimate of drug-likeness (QED) is 0.888. The third kappa shape index (κ3) is 3.07. The van der Waals surface area contributed by atoms with Gasteiger partial charge < -0.3 is 5.32 Å². The van der Waals surface area contributed by atoms with Crippen molar-refractivity contribution in [2.75, 3.05) is 0 Å². The molecular formula is C10H14N4S2. The molecule has 0 unspecified atom stereocenters. The maximum absolute atomic E-state index is 4.49. The molecule has 16 heavy (non-hydrogen) atoms. The zero-order valence-electron chi connectivity index (χ0n) is 9.36. The second-order valence-electron chi connectivity index (χ2n) is 3.40. The van der Waals surface area contributed by atoms with E-state index < -0.39 is 0 Å². The molecule has 2 aromatic rings. The van der Waals surface area contributed by atoms with Gasteiger partial charge in [0.1, 0.15) is 10.0 Å². The molecule has 2 rings (SSSR count). The summed E-state index contributed by atoms with van der Waals surface area (Å²) < 4.78 is 0. The van der Waals surface area contributed by atoms with Crippen LogP contribution in [0.2, 0.25) is 0 Å². The number of aromatic nitrogens is 3. The molecule has 0 fully saturated rings. The van der Waals surface area contributed by atoms with Crippen molar-refractivity contribution in [2.24, 2.45) is 0 Å². The van der Waals surface area contributed by atoms with Crippen LogP contribution in [0.3, 0.4) is 0 Å². The van der Waals surface area contributed by atoms with Crippen LogP contribution in [0.5, 0.6) is 0 Å². The first-order valence-corrected chi connectivity index (χ1v) is 6.90. The smallest absolute Gasteiger partial charge is 0.131 e. The van der Waals surface area contributed by atoms with Gasteiger partial charge in [0, 0.05) is 11.9 Å². The molecule has 0 saturated heterocycles. The second kappa shape index (κ2) is 5.47. The first-order chi connectivity index (χ1) is 7.78.